The lowest BCUT2D eigenvalue weighted by molar-refractivity contribution is -0.112. The maximum atomic E-state index is 12.1. The fourth-order valence-corrected chi connectivity index (χ4v) is 2.25. The minimum absolute atomic E-state index is 0.0139. The van der Waals surface area contributed by atoms with Gasteiger partial charge in [0.2, 0.25) is 0 Å². The van der Waals surface area contributed by atoms with Gasteiger partial charge in [0.1, 0.15) is 11.6 Å². The number of hydrogen-bond acceptors (Lipinski definition) is 3. The molecule has 4 nitrogen and oxygen atoms in total. The smallest absolute Gasteiger partial charge is 0.267 e. The van der Waals surface area contributed by atoms with Crippen LogP contribution < -0.4 is 10.6 Å². The molecule has 0 aromatic heterocycles. The molecule has 6 heteroatoms. The average molecular weight is 391 g/mol. The number of carbonyl (C=O) groups excluding carboxylic acids is 1. The predicted molar refractivity (Wildman–Crippen MR) is 94.8 cm³/mol. The average Bonchev–Trinajstić information content (AvgIpc) is 2.55. The Morgan fingerprint density at radius 2 is 1.91 bits per heavy atom. The van der Waals surface area contributed by atoms with E-state index in [-0.39, 0.29) is 5.57 Å². The lowest BCUT2D eigenvalue weighted by atomic mass is 10.2. The van der Waals surface area contributed by atoms with Crippen LogP contribution in [0, 0.1) is 11.3 Å². The van der Waals surface area contributed by atoms with Crippen LogP contribution in [-0.4, -0.2) is 5.91 Å². The van der Waals surface area contributed by atoms with Crippen molar-refractivity contribution in [1.82, 2.24) is 5.32 Å². The quantitative estimate of drug-likeness (QED) is 0.593. The molecule has 1 amide bonds. The molecule has 2 aromatic rings. The van der Waals surface area contributed by atoms with Crippen molar-refractivity contribution in [2.24, 2.45) is 0 Å². The van der Waals surface area contributed by atoms with Crippen molar-refractivity contribution >= 4 is 39.1 Å². The number of nitrogens with one attached hydrogen (secondary N) is 2. The van der Waals surface area contributed by atoms with Crippen LogP contribution in [0.25, 0.3) is 0 Å². The second-order valence-electron chi connectivity index (χ2n) is 4.60. The Kier molecular flexibility index (Phi) is 6.21. The summed E-state index contributed by atoms with van der Waals surface area (Å²) in [6.07, 6.45) is 1.39. The molecular formula is C17H13BrClN3O. The third-order valence-corrected chi connectivity index (χ3v) is 3.86. The normalized spacial score (nSPS) is 10.7. The molecular weight excluding hydrogens is 378 g/mol. The highest BCUT2D eigenvalue weighted by Gasteiger charge is 2.09. The Morgan fingerprint density at radius 1 is 1.22 bits per heavy atom. The lowest BCUT2D eigenvalue weighted by Gasteiger charge is -2.06. The zero-order valence-corrected chi connectivity index (χ0v) is 14.4. The van der Waals surface area contributed by atoms with Gasteiger partial charge in [-0.1, -0.05) is 45.7 Å². The molecule has 0 atom stereocenters. The number of nitriles is 1. The van der Waals surface area contributed by atoms with Gasteiger partial charge in [0.25, 0.3) is 5.91 Å². The molecule has 2 rings (SSSR count). The number of carbonyl (C=O) groups is 1. The van der Waals surface area contributed by atoms with E-state index in [1.165, 1.54) is 6.20 Å². The molecule has 2 N–H and O–H groups in total. The highest BCUT2D eigenvalue weighted by Crippen LogP contribution is 2.15. The van der Waals surface area contributed by atoms with Crippen molar-refractivity contribution in [3.05, 3.63) is 75.4 Å². The lowest BCUT2D eigenvalue weighted by Crippen LogP contribution is -2.16. The van der Waals surface area contributed by atoms with E-state index in [0.29, 0.717) is 17.3 Å². The minimum atomic E-state index is -0.471. The molecule has 0 bridgehead atoms. The molecule has 0 aliphatic rings. The van der Waals surface area contributed by atoms with Crippen molar-refractivity contribution in [3.63, 3.8) is 0 Å². The highest BCUT2D eigenvalue weighted by molar-refractivity contribution is 9.10. The fraction of sp³-hybridized carbons (Fsp3) is 0.0588. The molecule has 0 fully saturated rings. The van der Waals surface area contributed by atoms with Crippen LogP contribution >= 0.6 is 27.5 Å². The summed E-state index contributed by atoms with van der Waals surface area (Å²) < 4.78 is 0.910. The molecule has 116 valence electrons. The van der Waals surface area contributed by atoms with Crippen LogP contribution in [0.4, 0.5) is 5.69 Å². The first-order chi connectivity index (χ1) is 11.1. The number of rotatable bonds is 5. The summed E-state index contributed by atoms with van der Waals surface area (Å²) in [5, 5.41) is 15.3. The van der Waals surface area contributed by atoms with E-state index in [4.69, 9.17) is 16.9 Å². The van der Waals surface area contributed by atoms with E-state index in [9.17, 15) is 4.79 Å². The summed E-state index contributed by atoms with van der Waals surface area (Å²) in [4.78, 5) is 12.1. The fourth-order valence-electron chi connectivity index (χ4n) is 1.79. The predicted octanol–water partition coefficient (Wildman–Crippen LogP) is 4.24. The van der Waals surface area contributed by atoms with Crippen LogP contribution in [0.5, 0.6) is 0 Å². The van der Waals surface area contributed by atoms with Crippen molar-refractivity contribution in [2.45, 2.75) is 6.54 Å². The van der Waals surface area contributed by atoms with E-state index in [0.717, 1.165) is 10.0 Å². The van der Waals surface area contributed by atoms with Gasteiger partial charge in [-0.25, -0.2) is 0 Å². The molecule has 0 heterocycles. The first-order valence-electron chi connectivity index (χ1n) is 6.74. The summed E-state index contributed by atoms with van der Waals surface area (Å²) in [6.45, 7) is 0.427. The first-order valence-corrected chi connectivity index (χ1v) is 7.91. The van der Waals surface area contributed by atoms with E-state index < -0.39 is 5.91 Å². The molecule has 2 aromatic carbocycles. The van der Waals surface area contributed by atoms with Crippen LogP contribution in [-0.2, 0) is 11.3 Å². The van der Waals surface area contributed by atoms with Gasteiger partial charge in [-0.2, -0.15) is 5.26 Å². The molecule has 23 heavy (non-hydrogen) atoms. The van der Waals surface area contributed by atoms with Gasteiger partial charge < -0.3 is 10.6 Å². The molecule has 0 aliphatic heterocycles. The van der Waals surface area contributed by atoms with Gasteiger partial charge in [-0.05, 0) is 35.9 Å². The molecule has 0 saturated carbocycles. The van der Waals surface area contributed by atoms with E-state index in [1.807, 2.05) is 24.3 Å². The second kappa shape index (κ2) is 8.37. The topological polar surface area (TPSA) is 64.9 Å². The SMILES string of the molecule is N#C/C(=C/NCc1ccccc1Cl)C(=O)Nc1ccc(Br)cc1. The summed E-state index contributed by atoms with van der Waals surface area (Å²) in [5.41, 5.74) is 1.49. The maximum Gasteiger partial charge on any atom is 0.267 e. The van der Waals surface area contributed by atoms with Crippen LogP contribution in [0.15, 0.2) is 64.8 Å². The standard InChI is InChI=1S/C17H13BrClN3O/c18-14-5-7-15(8-6-14)22-17(23)13(9-20)11-21-10-12-3-1-2-4-16(12)19/h1-8,11,21H,10H2,(H,22,23)/b13-11-. The molecule has 0 saturated heterocycles. The third kappa shape index (κ3) is 5.13. The zero-order chi connectivity index (χ0) is 16.7. The summed E-state index contributed by atoms with van der Waals surface area (Å²) in [5.74, 6) is -0.471. The van der Waals surface area contributed by atoms with E-state index >= 15 is 0 Å². The monoisotopic (exact) mass is 389 g/mol. The van der Waals surface area contributed by atoms with Gasteiger partial charge in [-0.3, -0.25) is 4.79 Å². The summed E-state index contributed by atoms with van der Waals surface area (Å²) in [7, 11) is 0. The van der Waals surface area contributed by atoms with Gasteiger partial charge in [0.05, 0.1) is 0 Å². The Balaban J connectivity index is 1.98. The van der Waals surface area contributed by atoms with Crippen molar-refractivity contribution in [2.75, 3.05) is 5.32 Å². The summed E-state index contributed by atoms with van der Waals surface area (Å²) >= 11 is 9.37. The van der Waals surface area contributed by atoms with Crippen molar-refractivity contribution in [3.8, 4) is 6.07 Å². The van der Waals surface area contributed by atoms with Gasteiger partial charge in [0, 0.05) is 27.9 Å². The number of amides is 1. The Morgan fingerprint density at radius 3 is 2.57 bits per heavy atom. The van der Waals surface area contributed by atoms with Gasteiger partial charge in [0.15, 0.2) is 0 Å². The Hall–Kier alpha value is -2.29. The van der Waals surface area contributed by atoms with Crippen LogP contribution in [0.1, 0.15) is 5.56 Å². The minimum Gasteiger partial charge on any atom is -0.386 e. The second-order valence-corrected chi connectivity index (χ2v) is 5.93. The molecule has 0 radical (unpaired) electrons. The highest BCUT2D eigenvalue weighted by atomic mass is 79.9. The number of halogens is 2. The Bertz CT molecular complexity index is 766. The number of hydrogen-bond donors (Lipinski definition) is 2. The molecule has 0 unspecified atom stereocenters. The molecule has 0 spiro atoms. The molecule has 0 aliphatic carbocycles. The summed E-state index contributed by atoms with van der Waals surface area (Å²) in [6, 6.07) is 16.4. The van der Waals surface area contributed by atoms with E-state index in [1.54, 1.807) is 30.3 Å². The number of benzene rings is 2. The number of nitrogens with zero attached hydrogens (tertiary/aromatic N) is 1. The maximum absolute atomic E-state index is 12.1. The number of anilines is 1. The van der Waals surface area contributed by atoms with Crippen LogP contribution in [0.3, 0.4) is 0 Å². The van der Waals surface area contributed by atoms with Gasteiger partial charge >= 0.3 is 0 Å². The van der Waals surface area contributed by atoms with Crippen molar-refractivity contribution in [1.29, 1.82) is 5.26 Å². The first kappa shape index (κ1) is 17.1. The third-order valence-electron chi connectivity index (χ3n) is 2.96. The van der Waals surface area contributed by atoms with Crippen molar-refractivity contribution < 1.29 is 4.79 Å². The van der Waals surface area contributed by atoms with Gasteiger partial charge in [-0.15, -0.1) is 0 Å². The Labute approximate surface area is 147 Å². The zero-order valence-electron chi connectivity index (χ0n) is 12.0. The largest absolute Gasteiger partial charge is 0.386 e. The van der Waals surface area contributed by atoms with E-state index in [2.05, 4.69) is 26.6 Å². The van der Waals surface area contributed by atoms with Crippen LogP contribution in [0.2, 0.25) is 5.02 Å².